The summed E-state index contributed by atoms with van der Waals surface area (Å²) >= 11 is 1.84. The topological polar surface area (TPSA) is 21.3 Å². The lowest BCUT2D eigenvalue weighted by molar-refractivity contribution is 0.199. The quantitative estimate of drug-likeness (QED) is 0.677. The summed E-state index contributed by atoms with van der Waals surface area (Å²) in [4.78, 5) is 1.48. The first kappa shape index (κ1) is 10.7. The van der Waals surface area contributed by atoms with E-state index in [1.165, 1.54) is 17.7 Å². The van der Waals surface area contributed by atoms with Crippen LogP contribution in [0, 0.1) is 0 Å². The number of aryl methyl sites for hydroxylation is 1. The van der Waals surface area contributed by atoms with Crippen molar-refractivity contribution in [2.75, 3.05) is 26.8 Å². The molecule has 74 valence electrons. The molecule has 0 saturated carbocycles. The van der Waals surface area contributed by atoms with Crippen molar-refractivity contribution >= 4 is 11.3 Å². The summed E-state index contributed by atoms with van der Waals surface area (Å²) in [6.07, 6.45) is 2.40. The first-order valence-corrected chi connectivity index (χ1v) is 5.53. The van der Waals surface area contributed by atoms with Crippen LogP contribution in [0.2, 0.25) is 0 Å². The van der Waals surface area contributed by atoms with Gasteiger partial charge in [0.1, 0.15) is 0 Å². The van der Waals surface area contributed by atoms with Crippen LogP contribution in [0.25, 0.3) is 0 Å². The van der Waals surface area contributed by atoms with Gasteiger partial charge >= 0.3 is 0 Å². The summed E-state index contributed by atoms with van der Waals surface area (Å²) in [7, 11) is 1.73. The number of nitrogens with one attached hydrogen (secondary N) is 1. The van der Waals surface area contributed by atoms with Crippen LogP contribution < -0.4 is 5.32 Å². The third-order valence-corrected chi connectivity index (χ3v) is 2.78. The maximum Gasteiger partial charge on any atom is 0.0587 e. The largest absolute Gasteiger partial charge is 0.383 e. The Morgan fingerprint density at radius 2 is 2.38 bits per heavy atom. The predicted octanol–water partition coefficient (Wildman–Crippen LogP) is 1.92. The summed E-state index contributed by atoms with van der Waals surface area (Å²) in [5, 5.41) is 5.46. The molecule has 0 fully saturated rings. The molecule has 13 heavy (non-hydrogen) atoms. The minimum atomic E-state index is 0.805. The second-order valence-electron chi connectivity index (χ2n) is 2.93. The molecule has 0 aliphatic carbocycles. The van der Waals surface area contributed by atoms with Crippen molar-refractivity contribution in [3.8, 4) is 0 Å². The number of rotatable bonds is 7. The maximum absolute atomic E-state index is 4.93. The van der Waals surface area contributed by atoms with Gasteiger partial charge in [0.15, 0.2) is 0 Å². The highest BCUT2D eigenvalue weighted by molar-refractivity contribution is 7.09. The molecule has 0 aromatic carbocycles. The third kappa shape index (κ3) is 5.03. The van der Waals surface area contributed by atoms with Crippen LogP contribution in [0.1, 0.15) is 11.3 Å². The molecule has 0 bridgehead atoms. The van der Waals surface area contributed by atoms with E-state index < -0.39 is 0 Å². The van der Waals surface area contributed by atoms with E-state index in [9.17, 15) is 0 Å². The van der Waals surface area contributed by atoms with Crippen LogP contribution in [0.15, 0.2) is 17.5 Å². The lowest BCUT2D eigenvalue weighted by Gasteiger charge is -2.02. The molecule has 1 aromatic heterocycles. The van der Waals surface area contributed by atoms with E-state index in [0.717, 1.165) is 19.7 Å². The van der Waals surface area contributed by atoms with Crippen LogP contribution in [0.3, 0.4) is 0 Å². The summed E-state index contributed by atoms with van der Waals surface area (Å²) in [5.74, 6) is 0. The van der Waals surface area contributed by atoms with E-state index in [2.05, 4.69) is 22.8 Å². The first-order chi connectivity index (χ1) is 6.43. The van der Waals surface area contributed by atoms with Gasteiger partial charge in [0.05, 0.1) is 6.61 Å². The molecule has 2 nitrogen and oxygen atoms in total. The Morgan fingerprint density at radius 1 is 1.46 bits per heavy atom. The van der Waals surface area contributed by atoms with E-state index >= 15 is 0 Å². The molecular weight excluding hydrogens is 182 g/mol. The molecule has 0 radical (unpaired) electrons. The lowest BCUT2D eigenvalue weighted by Crippen LogP contribution is -2.20. The fraction of sp³-hybridized carbons (Fsp3) is 0.600. The van der Waals surface area contributed by atoms with E-state index in [1.807, 2.05) is 11.3 Å². The van der Waals surface area contributed by atoms with Gasteiger partial charge in [0.25, 0.3) is 0 Å². The Bertz CT molecular complexity index is 199. The van der Waals surface area contributed by atoms with E-state index in [4.69, 9.17) is 4.74 Å². The van der Waals surface area contributed by atoms with Gasteiger partial charge in [-0.05, 0) is 30.8 Å². The Hall–Kier alpha value is -0.380. The lowest BCUT2D eigenvalue weighted by atomic mass is 10.2. The SMILES string of the molecule is COCCNCCCc1cccs1. The standard InChI is InChI=1S/C10H17NOS/c1-12-8-7-11-6-2-4-10-5-3-9-13-10/h3,5,9,11H,2,4,6-8H2,1H3. The average molecular weight is 199 g/mol. The Balaban J connectivity index is 1.90. The van der Waals surface area contributed by atoms with Crippen LogP contribution in [-0.4, -0.2) is 26.8 Å². The van der Waals surface area contributed by atoms with Gasteiger partial charge in [0.2, 0.25) is 0 Å². The Morgan fingerprint density at radius 3 is 3.08 bits per heavy atom. The van der Waals surface area contributed by atoms with Gasteiger partial charge in [-0.1, -0.05) is 6.07 Å². The van der Waals surface area contributed by atoms with Crippen molar-refractivity contribution < 1.29 is 4.74 Å². The van der Waals surface area contributed by atoms with Crippen LogP contribution in [0.4, 0.5) is 0 Å². The Kier molecular flexibility index (Phi) is 5.81. The van der Waals surface area contributed by atoms with Crippen molar-refractivity contribution in [2.45, 2.75) is 12.8 Å². The molecule has 0 atom stereocenters. The normalized spacial score (nSPS) is 10.5. The summed E-state index contributed by atoms with van der Waals surface area (Å²) in [5.41, 5.74) is 0. The number of thiophene rings is 1. The van der Waals surface area contributed by atoms with E-state index in [0.29, 0.717) is 0 Å². The number of methoxy groups -OCH3 is 1. The zero-order valence-corrected chi connectivity index (χ0v) is 8.90. The zero-order valence-electron chi connectivity index (χ0n) is 8.08. The minimum absolute atomic E-state index is 0.805. The molecule has 0 amide bonds. The van der Waals surface area contributed by atoms with E-state index in [-0.39, 0.29) is 0 Å². The van der Waals surface area contributed by atoms with E-state index in [1.54, 1.807) is 7.11 Å². The summed E-state index contributed by atoms with van der Waals surface area (Å²) in [6.45, 7) is 2.85. The molecule has 0 unspecified atom stereocenters. The molecule has 1 heterocycles. The summed E-state index contributed by atoms with van der Waals surface area (Å²) < 4.78 is 4.93. The van der Waals surface area contributed by atoms with Crippen molar-refractivity contribution in [2.24, 2.45) is 0 Å². The molecule has 3 heteroatoms. The predicted molar refractivity (Wildman–Crippen MR) is 57.4 cm³/mol. The van der Waals surface area contributed by atoms with Gasteiger partial charge in [-0.3, -0.25) is 0 Å². The molecule has 0 spiro atoms. The van der Waals surface area contributed by atoms with Gasteiger partial charge in [-0.2, -0.15) is 0 Å². The monoisotopic (exact) mass is 199 g/mol. The smallest absolute Gasteiger partial charge is 0.0587 e. The van der Waals surface area contributed by atoms with Gasteiger partial charge in [-0.25, -0.2) is 0 Å². The number of hydrogen-bond acceptors (Lipinski definition) is 3. The second-order valence-corrected chi connectivity index (χ2v) is 3.96. The first-order valence-electron chi connectivity index (χ1n) is 4.65. The highest BCUT2D eigenvalue weighted by atomic mass is 32.1. The van der Waals surface area contributed by atoms with Crippen LogP contribution in [-0.2, 0) is 11.2 Å². The summed E-state index contributed by atoms with van der Waals surface area (Å²) in [6, 6.07) is 4.30. The molecular formula is C10H17NOS. The highest BCUT2D eigenvalue weighted by Gasteiger charge is 1.92. The molecule has 0 aliphatic rings. The van der Waals surface area contributed by atoms with Gasteiger partial charge < -0.3 is 10.1 Å². The van der Waals surface area contributed by atoms with Gasteiger partial charge in [-0.15, -0.1) is 11.3 Å². The fourth-order valence-electron chi connectivity index (χ4n) is 1.14. The fourth-order valence-corrected chi connectivity index (χ4v) is 1.89. The average Bonchev–Trinajstić information content (AvgIpc) is 2.63. The van der Waals surface area contributed by atoms with Crippen LogP contribution in [0.5, 0.6) is 0 Å². The third-order valence-electron chi connectivity index (χ3n) is 1.84. The van der Waals surface area contributed by atoms with Crippen molar-refractivity contribution in [3.63, 3.8) is 0 Å². The number of hydrogen-bond donors (Lipinski definition) is 1. The van der Waals surface area contributed by atoms with Crippen molar-refractivity contribution in [1.29, 1.82) is 0 Å². The molecule has 1 N–H and O–H groups in total. The maximum atomic E-state index is 4.93. The Labute approximate surface area is 83.9 Å². The molecule has 1 aromatic rings. The second kappa shape index (κ2) is 7.06. The molecule has 0 saturated heterocycles. The minimum Gasteiger partial charge on any atom is -0.383 e. The number of ether oxygens (including phenoxy) is 1. The van der Waals surface area contributed by atoms with Crippen molar-refractivity contribution in [1.82, 2.24) is 5.32 Å². The van der Waals surface area contributed by atoms with Gasteiger partial charge in [0, 0.05) is 18.5 Å². The van der Waals surface area contributed by atoms with Crippen molar-refractivity contribution in [3.05, 3.63) is 22.4 Å². The highest BCUT2D eigenvalue weighted by Crippen LogP contribution is 2.09. The zero-order chi connectivity index (χ0) is 9.36. The molecule has 0 aliphatic heterocycles. The van der Waals surface area contributed by atoms with Crippen LogP contribution >= 0.6 is 11.3 Å². The molecule has 1 rings (SSSR count).